The number of aryl methyl sites for hydroxylation is 1. The van der Waals surface area contributed by atoms with E-state index in [9.17, 15) is 32.3 Å². The standard InChI is InChI=1S/C20H17F3N4O5/c1-11-7-15(28)17(24-27(11)13-6-4-5-12(8-13)20(21,22)23)18(30)32-10-14-9-16(29)26(3)19(31)25(14)2/h4-9H,10H2,1-3H3. The molecule has 2 aromatic heterocycles. The molecule has 0 spiro atoms. The van der Waals surface area contributed by atoms with Gasteiger partial charge in [0.05, 0.1) is 16.9 Å². The zero-order chi connectivity index (χ0) is 23.8. The summed E-state index contributed by atoms with van der Waals surface area (Å²) in [6.45, 7) is 0.943. The van der Waals surface area contributed by atoms with E-state index in [2.05, 4.69) is 5.10 Å². The van der Waals surface area contributed by atoms with Gasteiger partial charge in [-0.05, 0) is 25.1 Å². The van der Waals surface area contributed by atoms with Crippen LogP contribution >= 0.6 is 0 Å². The molecule has 0 aliphatic rings. The molecule has 0 aliphatic heterocycles. The monoisotopic (exact) mass is 450 g/mol. The smallest absolute Gasteiger partial charge is 0.416 e. The predicted octanol–water partition coefficient (Wildman–Crippen LogP) is 1.31. The molecule has 0 saturated heterocycles. The van der Waals surface area contributed by atoms with Crippen LogP contribution in [-0.4, -0.2) is 24.9 Å². The van der Waals surface area contributed by atoms with Crippen LogP contribution in [0, 0.1) is 6.92 Å². The predicted molar refractivity (Wildman–Crippen MR) is 106 cm³/mol. The molecule has 2 heterocycles. The van der Waals surface area contributed by atoms with Crippen molar-refractivity contribution in [3.05, 3.63) is 90.1 Å². The van der Waals surface area contributed by atoms with E-state index in [1.54, 1.807) is 0 Å². The zero-order valence-corrected chi connectivity index (χ0v) is 17.1. The van der Waals surface area contributed by atoms with E-state index < -0.39 is 46.7 Å². The first kappa shape index (κ1) is 22.7. The van der Waals surface area contributed by atoms with Gasteiger partial charge in [0.15, 0.2) is 0 Å². The lowest BCUT2D eigenvalue weighted by Crippen LogP contribution is -2.38. The molecule has 0 atom stereocenters. The Morgan fingerprint density at radius 1 is 1.06 bits per heavy atom. The summed E-state index contributed by atoms with van der Waals surface area (Å²) in [6, 6.07) is 6.35. The van der Waals surface area contributed by atoms with E-state index in [4.69, 9.17) is 4.74 Å². The van der Waals surface area contributed by atoms with Gasteiger partial charge in [-0.3, -0.25) is 18.7 Å². The Kier molecular flexibility index (Phi) is 5.88. The van der Waals surface area contributed by atoms with E-state index >= 15 is 0 Å². The van der Waals surface area contributed by atoms with Crippen LogP contribution in [0.5, 0.6) is 0 Å². The van der Waals surface area contributed by atoms with Gasteiger partial charge in [-0.1, -0.05) is 6.07 Å². The largest absolute Gasteiger partial charge is 0.454 e. The Hall–Kier alpha value is -3.96. The molecule has 0 N–H and O–H groups in total. The third-order valence-corrected chi connectivity index (χ3v) is 4.70. The summed E-state index contributed by atoms with van der Waals surface area (Å²) >= 11 is 0. The summed E-state index contributed by atoms with van der Waals surface area (Å²) in [6.07, 6.45) is -4.59. The number of halogens is 3. The number of hydrogen-bond donors (Lipinski definition) is 0. The number of carbonyl (C=O) groups is 1. The maximum Gasteiger partial charge on any atom is 0.416 e. The molecule has 0 amide bonds. The first-order valence-corrected chi connectivity index (χ1v) is 9.12. The molecule has 1 aromatic carbocycles. The van der Waals surface area contributed by atoms with Gasteiger partial charge in [0.1, 0.15) is 6.61 Å². The number of esters is 1. The summed E-state index contributed by atoms with van der Waals surface area (Å²) < 4.78 is 47.1. The van der Waals surface area contributed by atoms with E-state index in [1.165, 1.54) is 33.2 Å². The van der Waals surface area contributed by atoms with Crippen molar-refractivity contribution in [1.82, 2.24) is 18.9 Å². The van der Waals surface area contributed by atoms with Crippen LogP contribution in [0.1, 0.15) is 27.4 Å². The van der Waals surface area contributed by atoms with Crippen molar-refractivity contribution < 1.29 is 22.7 Å². The number of benzene rings is 1. The molecule has 0 fully saturated rings. The number of nitrogens with zero attached hydrogens (tertiary/aromatic N) is 4. The molecule has 0 saturated carbocycles. The van der Waals surface area contributed by atoms with E-state index in [-0.39, 0.29) is 17.1 Å². The minimum atomic E-state index is -4.59. The number of hydrogen-bond acceptors (Lipinski definition) is 6. The lowest BCUT2D eigenvalue weighted by molar-refractivity contribution is -0.137. The maximum atomic E-state index is 13.0. The summed E-state index contributed by atoms with van der Waals surface area (Å²) in [5.41, 5.74) is -3.37. The fourth-order valence-corrected chi connectivity index (χ4v) is 2.89. The number of carbonyl (C=O) groups excluding carboxylic acids is 1. The molecular formula is C20H17F3N4O5. The van der Waals surface area contributed by atoms with Crippen molar-refractivity contribution >= 4 is 5.97 Å². The second-order valence-corrected chi connectivity index (χ2v) is 6.91. The number of alkyl halides is 3. The highest BCUT2D eigenvalue weighted by Gasteiger charge is 2.30. The Balaban J connectivity index is 1.95. The van der Waals surface area contributed by atoms with Crippen molar-refractivity contribution in [2.45, 2.75) is 19.7 Å². The fourth-order valence-electron chi connectivity index (χ4n) is 2.89. The molecule has 9 nitrogen and oxygen atoms in total. The Bertz CT molecular complexity index is 1390. The second kappa shape index (κ2) is 8.29. The first-order valence-electron chi connectivity index (χ1n) is 9.12. The SMILES string of the molecule is Cc1cc(=O)c(C(=O)OCc2cc(=O)n(C)c(=O)n2C)nn1-c1cccc(C(F)(F)F)c1. The summed E-state index contributed by atoms with van der Waals surface area (Å²) in [5, 5.41) is 3.88. The highest BCUT2D eigenvalue weighted by Crippen LogP contribution is 2.30. The van der Waals surface area contributed by atoms with E-state index in [1.807, 2.05) is 0 Å². The van der Waals surface area contributed by atoms with Crippen molar-refractivity contribution in [3.63, 3.8) is 0 Å². The molecule has 0 aliphatic carbocycles. The average Bonchev–Trinajstić information content (AvgIpc) is 2.73. The molecule has 0 bridgehead atoms. The van der Waals surface area contributed by atoms with Gasteiger partial charge < -0.3 is 4.74 Å². The highest BCUT2D eigenvalue weighted by atomic mass is 19.4. The Morgan fingerprint density at radius 2 is 1.75 bits per heavy atom. The highest BCUT2D eigenvalue weighted by molar-refractivity contribution is 5.86. The minimum Gasteiger partial charge on any atom is -0.454 e. The van der Waals surface area contributed by atoms with Gasteiger partial charge in [0.2, 0.25) is 11.1 Å². The van der Waals surface area contributed by atoms with Crippen LogP contribution in [0.2, 0.25) is 0 Å². The summed E-state index contributed by atoms with van der Waals surface area (Å²) in [5.74, 6) is -1.16. The van der Waals surface area contributed by atoms with Gasteiger partial charge in [-0.2, -0.15) is 18.3 Å². The average molecular weight is 450 g/mol. The van der Waals surface area contributed by atoms with Crippen molar-refractivity contribution in [2.75, 3.05) is 0 Å². The zero-order valence-electron chi connectivity index (χ0n) is 17.1. The van der Waals surface area contributed by atoms with Crippen LogP contribution < -0.4 is 16.7 Å². The fraction of sp³-hybridized carbons (Fsp3) is 0.250. The van der Waals surface area contributed by atoms with Gasteiger partial charge in [-0.25, -0.2) is 14.3 Å². The second-order valence-electron chi connectivity index (χ2n) is 6.91. The molecule has 0 unspecified atom stereocenters. The molecule has 168 valence electrons. The van der Waals surface area contributed by atoms with Gasteiger partial charge >= 0.3 is 17.8 Å². The molecule has 12 heteroatoms. The van der Waals surface area contributed by atoms with Crippen LogP contribution in [0.25, 0.3) is 5.69 Å². The van der Waals surface area contributed by atoms with Gasteiger partial charge in [0.25, 0.3) is 5.56 Å². The van der Waals surface area contributed by atoms with Crippen LogP contribution in [0.15, 0.2) is 50.8 Å². The van der Waals surface area contributed by atoms with Crippen LogP contribution in [0.4, 0.5) is 13.2 Å². The molecular weight excluding hydrogens is 433 g/mol. The topological polar surface area (TPSA) is 105 Å². The lowest BCUT2D eigenvalue weighted by Gasteiger charge is -2.14. The summed E-state index contributed by atoms with van der Waals surface area (Å²) in [7, 11) is 2.66. The normalized spacial score (nSPS) is 11.4. The lowest BCUT2D eigenvalue weighted by atomic mass is 10.2. The summed E-state index contributed by atoms with van der Waals surface area (Å²) in [4.78, 5) is 48.5. The molecule has 32 heavy (non-hydrogen) atoms. The third-order valence-electron chi connectivity index (χ3n) is 4.70. The number of rotatable bonds is 4. The van der Waals surface area contributed by atoms with Crippen molar-refractivity contribution in [3.8, 4) is 5.69 Å². The maximum absolute atomic E-state index is 13.0. The Morgan fingerprint density at radius 3 is 2.41 bits per heavy atom. The number of aromatic nitrogens is 4. The first-order chi connectivity index (χ1) is 14.9. The van der Waals surface area contributed by atoms with Crippen molar-refractivity contribution in [1.29, 1.82) is 0 Å². The molecule has 3 aromatic rings. The quantitative estimate of drug-likeness (QED) is 0.555. The molecule has 0 radical (unpaired) electrons. The minimum absolute atomic E-state index is 0.0136. The third kappa shape index (κ3) is 4.38. The molecule has 3 rings (SSSR count). The van der Waals surface area contributed by atoms with Gasteiger partial charge in [0, 0.05) is 31.9 Å². The van der Waals surface area contributed by atoms with Gasteiger partial charge in [-0.15, -0.1) is 0 Å². The Labute approximate surface area is 177 Å². The van der Waals surface area contributed by atoms with Crippen molar-refractivity contribution in [2.24, 2.45) is 14.1 Å². The van der Waals surface area contributed by atoms with Crippen LogP contribution in [0.3, 0.4) is 0 Å². The van der Waals surface area contributed by atoms with E-state index in [0.717, 1.165) is 38.1 Å². The number of ether oxygens (including phenoxy) is 1. The van der Waals surface area contributed by atoms with Crippen LogP contribution in [-0.2, 0) is 31.6 Å². The van der Waals surface area contributed by atoms with E-state index in [0.29, 0.717) is 0 Å².